The van der Waals surface area contributed by atoms with Gasteiger partial charge in [0.15, 0.2) is 11.2 Å². The topological polar surface area (TPSA) is 77.5 Å². The van der Waals surface area contributed by atoms with Crippen molar-refractivity contribution in [2.45, 2.75) is 20.0 Å². The first-order valence-corrected chi connectivity index (χ1v) is 7.89. The van der Waals surface area contributed by atoms with Crippen molar-refractivity contribution < 1.29 is 19.1 Å². The van der Waals surface area contributed by atoms with Gasteiger partial charge in [-0.1, -0.05) is 29.0 Å². The highest BCUT2D eigenvalue weighted by Gasteiger charge is 2.20. The lowest BCUT2D eigenvalue weighted by atomic mass is 10.3. The van der Waals surface area contributed by atoms with E-state index in [0.717, 1.165) is 11.3 Å². The molecule has 0 radical (unpaired) electrons. The quantitative estimate of drug-likeness (QED) is 0.833. The monoisotopic (exact) mass is 354 g/mol. The summed E-state index contributed by atoms with van der Waals surface area (Å²) < 4.78 is 10.2. The summed E-state index contributed by atoms with van der Waals surface area (Å²) in [6.07, 6.45) is -0.751. The molecule has 1 heterocycles. The minimum absolute atomic E-state index is 0.314. The van der Waals surface area contributed by atoms with Crippen LogP contribution in [0.5, 0.6) is 5.75 Å². The maximum absolute atomic E-state index is 12.1. The minimum atomic E-state index is -0.751. The zero-order chi connectivity index (χ0) is 17.0. The predicted molar refractivity (Wildman–Crippen MR) is 88.4 cm³/mol. The average molecular weight is 355 g/mol. The van der Waals surface area contributed by atoms with Crippen molar-refractivity contribution in [3.05, 3.63) is 39.9 Å². The van der Waals surface area contributed by atoms with Crippen molar-refractivity contribution in [1.82, 2.24) is 4.98 Å². The number of amides is 1. The molecule has 1 N–H and O–H groups in total. The smallest absolute Gasteiger partial charge is 0.350 e. The Morgan fingerprint density at radius 2 is 2.13 bits per heavy atom. The van der Waals surface area contributed by atoms with Gasteiger partial charge in [0.2, 0.25) is 0 Å². The van der Waals surface area contributed by atoms with Gasteiger partial charge in [-0.25, -0.2) is 9.78 Å². The van der Waals surface area contributed by atoms with Crippen LogP contribution in [0.2, 0.25) is 5.02 Å². The Morgan fingerprint density at radius 1 is 1.39 bits per heavy atom. The SMILES string of the molecule is COC(=O)c1sc(NC(=O)C(C)Oc2cccc(Cl)c2)nc1C. The fourth-order valence-corrected chi connectivity index (χ4v) is 2.80. The van der Waals surface area contributed by atoms with Crippen molar-refractivity contribution in [2.75, 3.05) is 12.4 Å². The second-order valence-corrected chi connectivity index (χ2v) is 6.07. The maximum Gasteiger partial charge on any atom is 0.350 e. The molecule has 1 aromatic carbocycles. The zero-order valence-electron chi connectivity index (χ0n) is 12.8. The summed E-state index contributed by atoms with van der Waals surface area (Å²) in [5.41, 5.74) is 0.501. The lowest BCUT2D eigenvalue weighted by Crippen LogP contribution is -2.30. The van der Waals surface area contributed by atoms with Gasteiger partial charge in [-0.15, -0.1) is 0 Å². The van der Waals surface area contributed by atoms with E-state index >= 15 is 0 Å². The molecule has 2 rings (SSSR count). The van der Waals surface area contributed by atoms with E-state index in [9.17, 15) is 9.59 Å². The molecule has 0 aliphatic carbocycles. The van der Waals surface area contributed by atoms with Crippen LogP contribution in [0.4, 0.5) is 5.13 Å². The number of methoxy groups -OCH3 is 1. The van der Waals surface area contributed by atoms with E-state index in [1.807, 2.05) is 0 Å². The van der Waals surface area contributed by atoms with E-state index in [2.05, 4.69) is 15.0 Å². The van der Waals surface area contributed by atoms with Crippen LogP contribution >= 0.6 is 22.9 Å². The van der Waals surface area contributed by atoms with Crippen molar-refractivity contribution in [1.29, 1.82) is 0 Å². The number of rotatable bonds is 5. The summed E-state index contributed by atoms with van der Waals surface area (Å²) in [6.45, 7) is 3.28. The standard InChI is InChI=1S/C15H15ClN2O4S/c1-8-12(14(20)21-3)23-15(17-8)18-13(19)9(2)22-11-6-4-5-10(16)7-11/h4-7,9H,1-3H3,(H,17,18,19). The molecular formula is C15H15ClN2O4S. The summed E-state index contributed by atoms with van der Waals surface area (Å²) in [5, 5.41) is 3.46. The first-order valence-electron chi connectivity index (χ1n) is 6.69. The molecule has 1 amide bonds. The molecule has 2 aromatic rings. The van der Waals surface area contributed by atoms with Crippen molar-refractivity contribution in [2.24, 2.45) is 0 Å². The largest absolute Gasteiger partial charge is 0.481 e. The Labute approximate surface area is 142 Å². The highest BCUT2D eigenvalue weighted by atomic mass is 35.5. The lowest BCUT2D eigenvalue weighted by Gasteiger charge is -2.13. The molecule has 1 aromatic heterocycles. The van der Waals surface area contributed by atoms with Gasteiger partial charge in [-0.05, 0) is 32.0 Å². The van der Waals surface area contributed by atoms with Gasteiger partial charge in [0.1, 0.15) is 10.6 Å². The third-order valence-corrected chi connectivity index (χ3v) is 4.16. The Hall–Kier alpha value is -2.12. The number of carbonyl (C=O) groups is 2. The number of aryl methyl sites for hydroxylation is 1. The molecule has 8 heteroatoms. The predicted octanol–water partition coefficient (Wildman–Crippen LogP) is 3.30. The van der Waals surface area contributed by atoms with Crippen LogP contribution in [0.3, 0.4) is 0 Å². The molecule has 0 spiro atoms. The molecule has 0 saturated carbocycles. The van der Waals surface area contributed by atoms with E-state index in [4.69, 9.17) is 16.3 Å². The first-order chi connectivity index (χ1) is 10.9. The molecule has 6 nitrogen and oxygen atoms in total. The van der Waals surface area contributed by atoms with Gasteiger partial charge >= 0.3 is 5.97 Å². The number of anilines is 1. The van der Waals surface area contributed by atoms with Crippen LogP contribution in [0, 0.1) is 6.92 Å². The van der Waals surface area contributed by atoms with E-state index < -0.39 is 12.1 Å². The van der Waals surface area contributed by atoms with Crippen LogP contribution in [0.15, 0.2) is 24.3 Å². The van der Waals surface area contributed by atoms with Gasteiger partial charge in [0.05, 0.1) is 12.8 Å². The number of esters is 1. The fourth-order valence-electron chi connectivity index (χ4n) is 1.74. The second kappa shape index (κ2) is 7.43. The Kier molecular flexibility index (Phi) is 5.57. The summed E-state index contributed by atoms with van der Waals surface area (Å²) in [6, 6.07) is 6.77. The van der Waals surface area contributed by atoms with Gasteiger partial charge in [0.25, 0.3) is 5.91 Å². The first kappa shape index (κ1) is 17.2. The van der Waals surface area contributed by atoms with Crippen LogP contribution in [0.1, 0.15) is 22.3 Å². The number of ether oxygens (including phenoxy) is 2. The van der Waals surface area contributed by atoms with E-state index in [0.29, 0.717) is 26.5 Å². The van der Waals surface area contributed by atoms with Crippen LogP contribution in [-0.2, 0) is 9.53 Å². The average Bonchev–Trinajstić information content (AvgIpc) is 2.87. The number of benzene rings is 1. The maximum atomic E-state index is 12.1. The van der Waals surface area contributed by atoms with Gasteiger partial charge in [-0.2, -0.15) is 0 Å². The molecule has 0 saturated heterocycles. The zero-order valence-corrected chi connectivity index (χ0v) is 14.3. The third-order valence-electron chi connectivity index (χ3n) is 2.88. The lowest BCUT2D eigenvalue weighted by molar-refractivity contribution is -0.122. The molecule has 0 aliphatic rings. The highest BCUT2D eigenvalue weighted by Crippen LogP contribution is 2.24. The molecule has 1 atom stereocenters. The molecule has 23 heavy (non-hydrogen) atoms. The van der Waals surface area contributed by atoms with Crippen molar-refractivity contribution in [3.8, 4) is 5.75 Å². The number of aromatic nitrogens is 1. The molecule has 1 unspecified atom stereocenters. The molecule has 0 aliphatic heterocycles. The highest BCUT2D eigenvalue weighted by molar-refractivity contribution is 7.17. The van der Waals surface area contributed by atoms with E-state index in [1.54, 1.807) is 38.1 Å². The number of halogens is 1. The van der Waals surface area contributed by atoms with Crippen molar-refractivity contribution in [3.63, 3.8) is 0 Å². The molecule has 0 bridgehead atoms. The number of nitrogens with one attached hydrogen (secondary N) is 1. The van der Waals surface area contributed by atoms with Crippen LogP contribution < -0.4 is 10.1 Å². The Bertz CT molecular complexity index is 732. The summed E-state index contributed by atoms with van der Waals surface area (Å²) in [4.78, 5) is 28.2. The third kappa shape index (κ3) is 4.43. The van der Waals surface area contributed by atoms with Gasteiger partial charge in [0, 0.05) is 5.02 Å². The van der Waals surface area contributed by atoms with E-state index in [-0.39, 0.29) is 5.91 Å². The number of carbonyl (C=O) groups excluding carboxylic acids is 2. The number of hydrogen-bond acceptors (Lipinski definition) is 6. The molecule has 0 fully saturated rings. The Balaban J connectivity index is 2.02. The summed E-state index contributed by atoms with van der Waals surface area (Å²) in [7, 11) is 1.29. The Morgan fingerprint density at radius 3 is 2.78 bits per heavy atom. The second-order valence-electron chi connectivity index (χ2n) is 4.63. The summed E-state index contributed by atoms with van der Waals surface area (Å²) in [5.74, 6) is -0.371. The normalized spacial score (nSPS) is 11.7. The van der Waals surface area contributed by atoms with E-state index in [1.165, 1.54) is 7.11 Å². The van der Waals surface area contributed by atoms with Crippen LogP contribution in [0.25, 0.3) is 0 Å². The molecular weight excluding hydrogens is 340 g/mol. The number of thiazole rings is 1. The summed E-state index contributed by atoms with van der Waals surface area (Å²) >= 11 is 6.92. The number of hydrogen-bond donors (Lipinski definition) is 1. The fraction of sp³-hybridized carbons (Fsp3) is 0.267. The van der Waals surface area contributed by atoms with Gasteiger partial charge in [-0.3, -0.25) is 10.1 Å². The van der Waals surface area contributed by atoms with Crippen LogP contribution in [-0.4, -0.2) is 30.1 Å². The number of nitrogens with zero attached hydrogens (tertiary/aromatic N) is 1. The minimum Gasteiger partial charge on any atom is -0.481 e. The van der Waals surface area contributed by atoms with Gasteiger partial charge < -0.3 is 9.47 Å². The van der Waals surface area contributed by atoms with Crippen molar-refractivity contribution >= 4 is 39.9 Å². The molecule has 122 valence electrons.